The fourth-order valence-electron chi connectivity index (χ4n) is 2.63. The van der Waals surface area contributed by atoms with Crippen LogP contribution in [0.2, 0.25) is 0 Å². The van der Waals surface area contributed by atoms with E-state index in [4.69, 9.17) is 9.94 Å². The molecule has 0 fully saturated rings. The highest BCUT2D eigenvalue weighted by molar-refractivity contribution is 6.04. The molecule has 1 aromatic rings. The van der Waals surface area contributed by atoms with Crippen molar-refractivity contribution in [3.05, 3.63) is 35.4 Å². The Morgan fingerprint density at radius 2 is 2.25 bits per heavy atom. The van der Waals surface area contributed by atoms with Gasteiger partial charge < -0.3 is 9.94 Å². The normalized spacial score (nSPS) is 27.4. The van der Waals surface area contributed by atoms with Gasteiger partial charge in [0.25, 0.3) is 0 Å². The van der Waals surface area contributed by atoms with Crippen LogP contribution in [0.5, 0.6) is 0 Å². The summed E-state index contributed by atoms with van der Waals surface area (Å²) in [5, 5.41) is 13.3. The standard InChI is InChI=1S/C13H15NO2/c15-8-11-7-10-6-5-9-3-1-2-4-12(9)13(10)14-16-11/h1-4,10-11,15H,5-8H2. The van der Waals surface area contributed by atoms with E-state index in [9.17, 15) is 0 Å². The van der Waals surface area contributed by atoms with Crippen molar-refractivity contribution in [2.45, 2.75) is 25.4 Å². The second kappa shape index (κ2) is 3.91. The summed E-state index contributed by atoms with van der Waals surface area (Å²) in [6.45, 7) is 0.0644. The van der Waals surface area contributed by atoms with E-state index in [0.29, 0.717) is 5.92 Å². The van der Waals surface area contributed by atoms with E-state index in [1.807, 2.05) is 6.07 Å². The molecule has 0 aromatic heterocycles. The molecule has 3 nitrogen and oxygen atoms in total. The van der Waals surface area contributed by atoms with Gasteiger partial charge in [0.1, 0.15) is 0 Å². The number of fused-ring (bicyclic) bond motifs is 3. The number of benzene rings is 1. The molecule has 16 heavy (non-hydrogen) atoms. The van der Waals surface area contributed by atoms with Crippen molar-refractivity contribution in [1.82, 2.24) is 0 Å². The summed E-state index contributed by atoms with van der Waals surface area (Å²) in [5.74, 6) is 0.459. The Morgan fingerprint density at radius 3 is 3.12 bits per heavy atom. The Labute approximate surface area is 94.7 Å². The molecule has 1 N–H and O–H groups in total. The quantitative estimate of drug-likeness (QED) is 0.778. The van der Waals surface area contributed by atoms with Gasteiger partial charge in [-0.25, -0.2) is 0 Å². The molecule has 0 amide bonds. The van der Waals surface area contributed by atoms with Gasteiger partial charge in [-0.05, 0) is 24.8 Å². The molecule has 2 atom stereocenters. The minimum atomic E-state index is -0.112. The van der Waals surface area contributed by atoms with Crippen LogP contribution >= 0.6 is 0 Å². The number of aliphatic hydroxyl groups excluding tert-OH is 1. The number of rotatable bonds is 1. The maximum absolute atomic E-state index is 9.08. The maximum atomic E-state index is 9.08. The first-order valence-electron chi connectivity index (χ1n) is 5.81. The molecule has 2 aliphatic rings. The second-order valence-electron chi connectivity index (χ2n) is 4.51. The van der Waals surface area contributed by atoms with Crippen LogP contribution in [0.25, 0.3) is 0 Å². The summed E-state index contributed by atoms with van der Waals surface area (Å²) in [7, 11) is 0. The van der Waals surface area contributed by atoms with E-state index in [1.165, 1.54) is 11.1 Å². The molecule has 0 saturated carbocycles. The van der Waals surface area contributed by atoms with Gasteiger partial charge in [-0.1, -0.05) is 29.4 Å². The topological polar surface area (TPSA) is 41.8 Å². The molecule has 0 spiro atoms. The van der Waals surface area contributed by atoms with E-state index >= 15 is 0 Å². The van der Waals surface area contributed by atoms with Gasteiger partial charge in [-0.2, -0.15) is 0 Å². The van der Waals surface area contributed by atoms with Crippen LogP contribution in [0.15, 0.2) is 29.4 Å². The van der Waals surface area contributed by atoms with E-state index in [0.717, 1.165) is 25.0 Å². The molecule has 84 valence electrons. The van der Waals surface area contributed by atoms with Crippen molar-refractivity contribution in [3.63, 3.8) is 0 Å². The van der Waals surface area contributed by atoms with Crippen LogP contribution in [0.3, 0.4) is 0 Å². The summed E-state index contributed by atoms with van der Waals surface area (Å²) >= 11 is 0. The molecule has 1 aliphatic heterocycles. The highest BCUT2D eigenvalue weighted by atomic mass is 16.6. The summed E-state index contributed by atoms with van der Waals surface area (Å²) in [4.78, 5) is 5.29. The first-order chi connectivity index (χ1) is 7.88. The average Bonchev–Trinajstić information content (AvgIpc) is 2.38. The van der Waals surface area contributed by atoms with Crippen LogP contribution in [-0.2, 0) is 11.3 Å². The van der Waals surface area contributed by atoms with E-state index in [-0.39, 0.29) is 12.7 Å². The maximum Gasteiger partial charge on any atom is 0.151 e. The van der Waals surface area contributed by atoms with Gasteiger partial charge in [-0.3, -0.25) is 0 Å². The van der Waals surface area contributed by atoms with Gasteiger partial charge in [0.2, 0.25) is 0 Å². The average molecular weight is 217 g/mol. The van der Waals surface area contributed by atoms with Gasteiger partial charge in [0.15, 0.2) is 6.10 Å². The zero-order valence-electron chi connectivity index (χ0n) is 9.10. The van der Waals surface area contributed by atoms with Crippen molar-refractivity contribution in [3.8, 4) is 0 Å². The highest BCUT2D eigenvalue weighted by Crippen LogP contribution is 2.32. The van der Waals surface area contributed by atoms with Crippen molar-refractivity contribution in [1.29, 1.82) is 0 Å². The van der Waals surface area contributed by atoms with Crippen LogP contribution in [0.4, 0.5) is 0 Å². The summed E-state index contributed by atoms with van der Waals surface area (Å²) in [5.41, 5.74) is 3.67. The van der Waals surface area contributed by atoms with Gasteiger partial charge in [0, 0.05) is 11.5 Å². The fraction of sp³-hybridized carbons (Fsp3) is 0.462. The first-order valence-corrected chi connectivity index (χ1v) is 5.81. The Bertz CT molecular complexity index is 428. The summed E-state index contributed by atoms with van der Waals surface area (Å²) < 4.78 is 0. The monoisotopic (exact) mass is 217 g/mol. The lowest BCUT2D eigenvalue weighted by molar-refractivity contribution is -0.00636. The summed E-state index contributed by atoms with van der Waals surface area (Å²) in [6.07, 6.45) is 3.01. The van der Waals surface area contributed by atoms with E-state index in [2.05, 4.69) is 23.4 Å². The molecule has 0 saturated heterocycles. The third-order valence-corrected chi connectivity index (χ3v) is 3.49. The smallest absolute Gasteiger partial charge is 0.151 e. The van der Waals surface area contributed by atoms with Crippen LogP contribution in [0.1, 0.15) is 24.0 Å². The lowest BCUT2D eigenvalue weighted by Gasteiger charge is -2.31. The number of aryl methyl sites for hydroxylation is 1. The molecular formula is C13H15NO2. The van der Waals surface area contributed by atoms with E-state index < -0.39 is 0 Å². The molecule has 1 heterocycles. The summed E-state index contributed by atoms with van der Waals surface area (Å²) in [6, 6.07) is 8.39. The third-order valence-electron chi connectivity index (χ3n) is 3.49. The zero-order valence-corrected chi connectivity index (χ0v) is 9.10. The molecule has 1 aliphatic carbocycles. The Balaban J connectivity index is 1.98. The third kappa shape index (κ3) is 1.52. The molecular weight excluding hydrogens is 202 g/mol. The second-order valence-corrected chi connectivity index (χ2v) is 4.51. The Morgan fingerprint density at radius 1 is 1.38 bits per heavy atom. The number of hydrogen-bond donors (Lipinski definition) is 1. The Kier molecular flexibility index (Phi) is 2.40. The predicted octanol–water partition coefficient (Wildman–Crippen LogP) is 1.73. The molecule has 3 heteroatoms. The molecule has 2 unspecified atom stereocenters. The van der Waals surface area contributed by atoms with Crippen molar-refractivity contribution < 1.29 is 9.94 Å². The lowest BCUT2D eigenvalue weighted by atomic mass is 9.79. The molecule has 1 aromatic carbocycles. The number of aliphatic hydroxyl groups is 1. The zero-order chi connectivity index (χ0) is 11.0. The molecule has 0 radical (unpaired) electrons. The Hall–Kier alpha value is -1.35. The molecule has 3 rings (SSSR count). The van der Waals surface area contributed by atoms with Gasteiger partial charge in [0.05, 0.1) is 12.3 Å². The first kappa shape index (κ1) is 9.85. The highest BCUT2D eigenvalue weighted by Gasteiger charge is 2.31. The molecule has 0 bridgehead atoms. The van der Waals surface area contributed by atoms with Crippen LogP contribution in [-0.4, -0.2) is 23.5 Å². The minimum Gasteiger partial charge on any atom is -0.392 e. The van der Waals surface area contributed by atoms with Gasteiger partial charge >= 0.3 is 0 Å². The van der Waals surface area contributed by atoms with Crippen LogP contribution < -0.4 is 0 Å². The van der Waals surface area contributed by atoms with Gasteiger partial charge in [-0.15, -0.1) is 0 Å². The SMILES string of the molecule is OCC1CC2CCc3ccccc3C2=NO1. The van der Waals surface area contributed by atoms with Crippen molar-refractivity contribution >= 4 is 5.71 Å². The van der Waals surface area contributed by atoms with Crippen molar-refractivity contribution in [2.24, 2.45) is 11.1 Å². The fourth-order valence-corrected chi connectivity index (χ4v) is 2.63. The lowest BCUT2D eigenvalue weighted by Crippen LogP contribution is -2.33. The van der Waals surface area contributed by atoms with E-state index in [1.54, 1.807) is 0 Å². The largest absolute Gasteiger partial charge is 0.392 e. The van der Waals surface area contributed by atoms with Crippen LogP contribution in [0, 0.1) is 5.92 Å². The van der Waals surface area contributed by atoms with Crippen molar-refractivity contribution in [2.75, 3.05) is 6.61 Å². The minimum absolute atomic E-state index is 0.0644. The number of oxime groups is 1. The number of nitrogens with zero attached hydrogens (tertiary/aromatic N) is 1. The number of hydrogen-bond acceptors (Lipinski definition) is 3. The predicted molar refractivity (Wildman–Crippen MR) is 61.4 cm³/mol.